The molecule has 3 heteroatoms. The van der Waals surface area contributed by atoms with Crippen LogP contribution in [0.4, 0.5) is 0 Å². The van der Waals surface area contributed by atoms with Crippen LogP contribution in [0.2, 0.25) is 0 Å². The maximum absolute atomic E-state index is 4.80. The Hall–Kier alpha value is -2.40. The molecule has 0 fully saturated rings. The average molecular weight is 478 g/mol. The van der Waals surface area contributed by atoms with Crippen LogP contribution >= 0.6 is 22.6 Å². The number of nitrogens with zero attached hydrogens (tertiary/aromatic N) is 2. The van der Waals surface area contributed by atoms with Crippen molar-refractivity contribution in [2.24, 2.45) is 5.92 Å². The summed E-state index contributed by atoms with van der Waals surface area (Å²) in [6.45, 7) is 4.52. The molecule has 0 spiro atoms. The van der Waals surface area contributed by atoms with Crippen molar-refractivity contribution in [3.8, 4) is 28.1 Å². The van der Waals surface area contributed by atoms with Crippen molar-refractivity contribution in [2.45, 2.75) is 20.3 Å². The Morgan fingerprint density at radius 3 is 2.32 bits per heavy atom. The Morgan fingerprint density at radius 1 is 0.857 bits per heavy atom. The van der Waals surface area contributed by atoms with Crippen molar-refractivity contribution < 1.29 is 0 Å². The van der Waals surface area contributed by atoms with Gasteiger partial charge < -0.3 is 4.57 Å². The molecule has 4 rings (SSSR count). The Morgan fingerprint density at radius 2 is 1.57 bits per heavy atom. The summed E-state index contributed by atoms with van der Waals surface area (Å²) in [6, 6.07) is 27.7. The summed E-state index contributed by atoms with van der Waals surface area (Å²) >= 11 is 2.41. The second-order valence-corrected chi connectivity index (χ2v) is 8.57. The van der Waals surface area contributed by atoms with Crippen molar-refractivity contribution in [1.82, 2.24) is 9.55 Å². The topological polar surface area (TPSA) is 17.8 Å². The zero-order valence-corrected chi connectivity index (χ0v) is 18.3. The molecule has 0 saturated heterocycles. The van der Waals surface area contributed by atoms with Gasteiger partial charge >= 0.3 is 0 Å². The zero-order chi connectivity index (χ0) is 19.5. The number of aromatic nitrogens is 2. The SMILES string of the molecule is CC(C)Cc1c(-c2ccccc2)ncn1-c1cccc(-c2ccccc2I)c1. The molecule has 0 radical (unpaired) electrons. The summed E-state index contributed by atoms with van der Waals surface area (Å²) in [5.41, 5.74) is 7.16. The fraction of sp³-hybridized carbons (Fsp3) is 0.160. The second kappa shape index (κ2) is 8.31. The number of hydrogen-bond donors (Lipinski definition) is 0. The highest BCUT2D eigenvalue weighted by Crippen LogP contribution is 2.30. The van der Waals surface area contributed by atoms with Gasteiger partial charge in [0, 0.05) is 14.8 Å². The maximum atomic E-state index is 4.80. The lowest BCUT2D eigenvalue weighted by molar-refractivity contribution is 0.628. The van der Waals surface area contributed by atoms with Gasteiger partial charge in [-0.25, -0.2) is 4.98 Å². The van der Waals surface area contributed by atoms with E-state index in [0.29, 0.717) is 5.92 Å². The van der Waals surface area contributed by atoms with E-state index in [1.54, 1.807) is 0 Å². The third-order valence-corrected chi connectivity index (χ3v) is 5.77. The zero-order valence-electron chi connectivity index (χ0n) is 16.1. The molecule has 0 N–H and O–H groups in total. The molecule has 28 heavy (non-hydrogen) atoms. The predicted molar refractivity (Wildman–Crippen MR) is 126 cm³/mol. The molecule has 1 aromatic heterocycles. The van der Waals surface area contributed by atoms with Crippen LogP contribution in [0.5, 0.6) is 0 Å². The third kappa shape index (κ3) is 3.90. The van der Waals surface area contributed by atoms with Gasteiger partial charge in [-0.05, 0) is 64.3 Å². The number of benzene rings is 3. The van der Waals surface area contributed by atoms with E-state index >= 15 is 0 Å². The van der Waals surface area contributed by atoms with Crippen LogP contribution in [0.25, 0.3) is 28.1 Å². The van der Waals surface area contributed by atoms with Gasteiger partial charge in [0.2, 0.25) is 0 Å². The summed E-state index contributed by atoms with van der Waals surface area (Å²) in [6.07, 6.45) is 2.95. The van der Waals surface area contributed by atoms with Crippen molar-refractivity contribution in [3.63, 3.8) is 0 Å². The molecule has 4 aromatic rings. The fourth-order valence-electron chi connectivity index (χ4n) is 3.53. The predicted octanol–water partition coefficient (Wildman–Crippen LogP) is 7.01. The normalized spacial score (nSPS) is 11.1. The summed E-state index contributed by atoms with van der Waals surface area (Å²) in [5, 5.41) is 0. The minimum atomic E-state index is 0.552. The standard InChI is InChI=1S/C25H23IN2/c1-18(2)15-24-25(19-9-4-3-5-10-19)27-17-28(24)21-12-8-11-20(16-21)22-13-6-7-14-23(22)26/h3-14,16-18H,15H2,1-2H3. The Balaban J connectivity index is 1.83. The van der Waals surface area contributed by atoms with E-state index in [2.05, 4.69) is 114 Å². The molecule has 2 nitrogen and oxygen atoms in total. The third-order valence-electron chi connectivity index (χ3n) is 4.82. The minimum absolute atomic E-state index is 0.552. The van der Waals surface area contributed by atoms with Crippen molar-refractivity contribution in [1.29, 1.82) is 0 Å². The van der Waals surface area contributed by atoms with Gasteiger partial charge in [-0.15, -0.1) is 0 Å². The van der Waals surface area contributed by atoms with Gasteiger partial charge in [0.1, 0.15) is 6.33 Å². The first-order valence-corrected chi connectivity index (χ1v) is 10.7. The summed E-state index contributed by atoms with van der Waals surface area (Å²) in [4.78, 5) is 4.80. The van der Waals surface area contributed by atoms with E-state index in [0.717, 1.165) is 17.8 Å². The monoisotopic (exact) mass is 478 g/mol. The average Bonchev–Trinajstić information content (AvgIpc) is 3.12. The molecule has 0 aliphatic rings. The Bertz CT molecular complexity index is 1080. The molecule has 3 aromatic carbocycles. The Labute approximate surface area is 180 Å². The lowest BCUT2D eigenvalue weighted by atomic mass is 10.0. The van der Waals surface area contributed by atoms with Crippen LogP contribution in [0, 0.1) is 9.49 Å². The first-order chi connectivity index (χ1) is 13.6. The van der Waals surface area contributed by atoms with Gasteiger partial charge in [-0.1, -0.05) is 74.5 Å². The van der Waals surface area contributed by atoms with Crippen LogP contribution in [0.15, 0.2) is 85.2 Å². The molecule has 1 heterocycles. The minimum Gasteiger partial charge on any atom is -0.303 e. The van der Waals surface area contributed by atoms with Gasteiger partial charge in [0.05, 0.1) is 11.4 Å². The van der Waals surface area contributed by atoms with Gasteiger partial charge in [-0.2, -0.15) is 0 Å². The van der Waals surface area contributed by atoms with Crippen molar-refractivity contribution in [2.75, 3.05) is 0 Å². The molecular weight excluding hydrogens is 455 g/mol. The van der Waals surface area contributed by atoms with Crippen molar-refractivity contribution in [3.05, 3.63) is 94.5 Å². The summed E-state index contributed by atoms with van der Waals surface area (Å²) in [7, 11) is 0. The highest BCUT2D eigenvalue weighted by Gasteiger charge is 2.16. The molecule has 0 aliphatic heterocycles. The molecular formula is C25H23IN2. The number of rotatable bonds is 5. The summed E-state index contributed by atoms with van der Waals surface area (Å²) < 4.78 is 3.51. The number of hydrogen-bond acceptors (Lipinski definition) is 1. The smallest absolute Gasteiger partial charge is 0.100 e. The largest absolute Gasteiger partial charge is 0.303 e. The molecule has 0 aliphatic carbocycles. The maximum Gasteiger partial charge on any atom is 0.100 e. The van der Waals surface area contributed by atoms with Crippen LogP contribution in [-0.4, -0.2) is 9.55 Å². The molecule has 140 valence electrons. The first kappa shape index (κ1) is 18.9. The Kier molecular flexibility index (Phi) is 5.62. The van der Waals surface area contributed by atoms with Crippen LogP contribution in [0.3, 0.4) is 0 Å². The number of imidazole rings is 1. The van der Waals surface area contributed by atoms with Gasteiger partial charge in [0.15, 0.2) is 0 Å². The highest BCUT2D eigenvalue weighted by molar-refractivity contribution is 14.1. The fourth-order valence-corrected chi connectivity index (χ4v) is 4.23. The van der Waals surface area contributed by atoms with E-state index in [1.165, 1.54) is 26.0 Å². The van der Waals surface area contributed by atoms with E-state index in [1.807, 2.05) is 12.4 Å². The first-order valence-electron chi connectivity index (χ1n) is 9.60. The van der Waals surface area contributed by atoms with Crippen molar-refractivity contribution >= 4 is 22.6 Å². The highest BCUT2D eigenvalue weighted by atomic mass is 127. The quantitative estimate of drug-likeness (QED) is 0.282. The van der Waals surface area contributed by atoms with E-state index in [-0.39, 0.29) is 0 Å². The lowest BCUT2D eigenvalue weighted by Gasteiger charge is -2.14. The summed E-state index contributed by atoms with van der Waals surface area (Å²) in [5.74, 6) is 0.552. The lowest BCUT2D eigenvalue weighted by Crippen LogP contribution is -2.04. The van der Waals surface area contributed by atoms with Gasteiger partial charge in [-0.3, -0.25) is 0 Å². The van der Waals surface area contributed by atoms with Crippen LogP contribution in [-0.2, 0) is 6.42 Å². The van der Waals surface area contributed by atoms with Gasteiger partial charge in [0.25, 0.3) is 0 Å². The molecule has 0 unspecified atom stereocenters. The van der Waals surface area contributed by atoms with E-state index in [9.17, 15) is 0 Å². The second-order valence-electron chi connectivity index (χ2n) is 7.40. The van der Waals surface area contributed by atoms with Crippen LogP contribution < -0.4 is 0 Å². The molecule has 0 saturated carbocycles. The molecule has 0 bridgehead atoms. The molecule has 0 amide bonds. The number of halogens is 1. The van der Waals surface area contributed by atoms with E-state index < -0.39 is 0 Å². The molecule has 0 atom stereocenters. The van der Waals surface area contributed by atoms with Crippen LogP contribution in [0.1, 0.15) is 19.5 Å². The van der Waals surface area contributed by atoms with E-state index in [4.69, 9.17) is 4.98 Å².